The Morgan fingerprint density at radius 1 is 1.09 bits per heavy atom. The number of fused-ring (bicyclic) bond motifs is 2. The van der Waals surface area contributed by atoms with Crippen molar-refractivity contribution in [3.8, 4) is 17.2 Å². The largest absolute Gasteiger partial charge is 0.507 e. The molecule has 35 heavy (non-hydrogen) atoms. The fraction of sp³-hybridized carbons (Fsp3) is 0.308. The van der Waals surface area contributed by atoms with E-state index >= 15 is 0 Å². The summed E-state index contributed by atoms with van der Waals surface area (Å²) in [6, 6.07) is 15.8. The average molecular weight is 498 g/mol. The van der Waals surface area contributed by atoms with Gasteiger partial charge in [-0.2, -0.15) is 12.6 Å². The van der Waals surface area contributed by atoms with Gasteiger partial charge in [0.05, 0.1) is 12.4 Å². The van der Waals surface area contributed by atoms with Crippen LogP contribution in [-0.2, 0) is 14.3 Å². The Kier molecular flexibility index (Phi) is 7.25. The summed E-state index contributed by atoms with van der Waals surface area (Å²) in [5.41, 5.74) is 0.585. The van der Waals surface area contributed by atoms with E-state index < -0.39 is 23.6 Å². The summed E-state index contributed by atoms with van der Waals surface area (Å²) < 4.78 is 21.9. The Hall–Kier alpha value is -3.59. The van der Waals surface area contributed by atoms with E-state index in [1.807, 2.05) is 32.0 Å². The number of aromatic hydroxyl groups is 1. The van der Waals surface area contributed by atoms with Crippen molar-refractivity contribution in [1.82, 2.24) is 0 Å². The molecule has 1 atom stereocenters. The molecule has 0 saturated carbocycles. The SMILES string of the molecule is CC(C)(CCOC(=O)CS)[C@H](OC(=O)Nc1ccc2c(c1)OCO2)c1ccc(O)c2ccccc12. The highest BCUT2D eigenvalue weighted by molar-refractivity contribution is 7.81. The molecule has 0 unspecified atom stereocenters. The van der Waals surface area contributed by atoms with Crippen LogP contribution in [0.25, 0.3) is 10.8 Å². The van der Waals surface area contributed by atoms with Crippen molar-refractivity contribution in [3.63, 3.8) is 0 Å². The van der Waals surface area contributed by atoms with E-state index in [0.717, 1.165) is 10.9 Å². The Bertz CT molecular complexity index is 1240. The first kappa shape index (κ1) is 24.5. The smallest absolute Gasteiger partial charge is 0.412 e. The molecule has 8 nitrogen and oxygen atoms in total. The first-order valence-electron chi connectivity index (χ1n) is 11.1. The number of thiol groups is 1. The van der Waals surface area contributed by atoms with E-state index in [1.165, 1.54) is 0 Å². The van der Waals surface area contributed by atoms with Crippen LogP contribution in [0.5, 0.6) is 17.2 Å². The van der Waals surface area contributed by atoms with Crippen molar-refractivity contribution in [2.24, 2.45) is 5.41 Å². The second-order valence-corrected chi connectivity index (χ2v) is 9.13. The summed E-state index contributed by atoms with van der Waals surface area (Å²) in [5.74, 6) is 0.844. The Balaban J connectivity index is 1.62. The highest BCUT2D eigenvalue weighted by Gasteiger charge is 2.36. The molecule has 0 radical (unpaired) electrons. The molecule has 0 bridgehead atoms. The monoisotopic (exact) mass is 497 g/mol. The third-order valence-corrected chi connectivity index (χ3v) is 6.17. The first-order valence-corrected chi connectivity index (χ1v) is 11.8. The van der Waals surface area contributed by atoms with E-state index in [-0.39, 0.29) is 24.9 Å². The van der Waals surface area contributed by atoms with Gasteiger partial charge in [-0.15, -0.1) is 0 Å². The molecule has 0 fully saturated rings. The van der Waals surface area contributed by atoms with Crippen molar-refractivity contribution in [3.05, 3.63) is 60.2 Å². The van der Waals surface area contributed by atoms with Gasteiger partial charge in [-0.3, -0.25) is 10.1 Å². The van der Waals surface area contributed by atoms with Crippen LogP contribution < -0.4 is 14.8 Å². The molecule has 9 heteroatoms. The fourth-order valence-electron chi connectivity index (χ4n) is 4.01. The van der Waals surface area contributed by atoms with E-state index in [2.05, 4.69) is 17.9 Å². The first-order chi connectivity index (χ1) is 16.8. The number of anilines is 1. The molecular weight excluding hydrogens is 470 g/mol. The number of hydrogen-bond acceptors (Lipinski definition) is 8. The summed E-state index contributed by atoms with van der Waals surface area (Å²) in [7, 11) is 0. The topological polar surface area (TPSA) is 103 Å². The van der Waals surface area contributed by atoms with Crippen molar-refractivity contribution >= 4 is 41.2 Å². The van der Waals surface area contributed by atoms with Gasteiger partial charge in [0.2, 0.25) is 6.79 Å². The number of carbonyl (C=O) groups excluding carboxylic acids is 2. The lowest BCUT2D eigenvalue weighted by atomic mass is 9.78. The van der Waals surface area contributed by atoms with Crippen molar-refractivity contribution in [2.45, 2.75) is 26.4 Å². The van der Waals surface area contributed by atoms with Gasteiger partial charge in [-0.05, 0) is 30.0 Å². The highest BCUT2D eigenvalue weighted by Crippen LogP contribution is 2.44. The molecule has 0 spiro atoms. The Morgan fingerprint density at radius 3 is 2.60 bits per heavy atom. The number of amides is 1. The number of carbonyl (C=O) groups is 2. The number of esters is 1. The maximum Gasteiger partial charge on any atom is 0.412 e. The number of hydrogen-bond donors (Lipinski definition) is 3. The van der Waals surface area contributed by atoms with Crippen molar-refractivity contribution in [2.75, 3.05) is 24.5 Å². The predicted molar refractivity (Wildman–Crippen MR) is 134 cm³/mol. The lowest BCUT2D eigenvalue weighted by Gasteiger charge is -2.34. The molecule has 0 aromatic heterocycles. The van der Waals surface area contributed by atoms with Gasteiger partial charge < -0.3 is 24.1 Å². The van der Waals surface area contributed by atoms with E-state index in [0.29, 0.717) is 29.0 Å². The zero-order valence-electron chi connectivity index (χ0n) is 19.4. The Labute approximate surface area is 208 Å². The summed E-state index contributed by atoms with van der Waals surface area (Å²) in [6.07, 6.45) is -0.966. The maximum atomic E-state index is 13.0. The van der Waals surface area contributed by atoms with Crippen LogP contribution in [0.2, 0.25) is 0 Å². The van der Waals surface area contributed by atoms with Crippen LogP contribution in [0.4, 0.5) is 10.5 Å². The van der Waals surface area contributed by atoms with Crippen LogP contribution in [0.3, 0.4) is 0 Å². The highest BCUT2D eigenvalue weighted by atomic mass is 32.1. The standard InChI is InChI=1S/C26H27NO7S/c1-26(2,11-12-31-23(29)14-35)24(19-8-9-20(28)18-6-4-3-5-17(18)19)34-25(30)27-16-7-10-21-22(13-16)33-15-32-21/h3-10,13,24,28,35H,11-12,14-15H2,1-2H3,(H,27,30)/t24-/m1/s1. The minimum atomic E-state index is -0.725. The van der Waals surface area contributed by atoms with Gasteiger partial charge >= 0.3 is 12.1 Å². The van der Waals surface area contributed by atoms with E-state index in [9.17, 15) is 14.7 Å². The number of phenols is 1. The van der Waals surface area contributed by atoms with E-state index in [1.54, 1.807) is 36.4 Å². The number of benzene rings is 3. The Morgan fingerprint density at radius 2 is 1.83 bits per heavy atom. The fourth-order valence-corrected chi connectivity index (χ4v) is 4.10. The molecule has 1 aliphatic rings. The molecule has 3 aromatic carbocycles. The zero-order chi connectivity index (χ0) is 25.0. The zero-order valence-corrected chi connectivity index (χ0v) is 20.3. The lowest BCUT2D eigenvalue weighted by Crippen LogP contribution is -2.30. The molecule has 1 heterocycles. The second-order valence-electron chi connectivity index (χ2n) is 8.82. The van der Waals surface area contributed by atoms with Gasteiger partial charge in [0.25, 0.3) is 0 Å². The molecule has 0 saturated heterocycles. The lowest BCUT2D eigenvalue weighted by molar-refractivity contribution is -0.141. The normalized spacial score (nSPS) is 13.3. The third kappa shape index (κ3) is 5.57. The van der Waals surface area contributed by atoms with Gasteiger partial charge in [0, 0.05) is 28.1 Å². The molecule has 184 valence electrons. The van der Waals surface area contributed by atoms with Crippen molar-refractivity contribution in [1.29, 1.82) is 0 Å². The van der Waals surface area contributed by atoms with Crippen LogP contribution in [0.1, 0.15) is 31.9 Å². The quantitative estimate of drug-likeness (QED) is 0.281. The molecular formula is C26H27NO7S. The molecule has 2 N–H and O–H groups in total. The molecule has 1 aliphatic heterocycles. The van der Waals surface area contributed by atoms with Crippen LogP contribution in [0, 0.1) is 5.41 Å². The third-order valence-electron chi connectivity index (χ3n) is 5.91. The second kappa shape index (κ2) is 10.4. The van der Waals surface area contributed by atoms with Gasteiger partial charge in [-0.1, -0.05) is 44.2 Å². The van der Waals surface area contributed by atoms with Gasteiger partial charge in [-0.25, -0.2) is 4.79 Å². The van der Waals surface area contributed by atoms with Crippen molar-refractivity contribution < 1.29 is 33.6 Å². The minimum Gasteiger partial charge on any atom is -0.507 e. The minimum absolute atomic E-state index is 0.0130. The summed E-state index contributed by atoms with van der Waals surface area (Å²) in [5, 5.41) is 14.5. The van der Waals surface area contributed by atoms with E-state index in [4.69, 9.17) is 18.9 Å². The number of phenolic OH excluding ortho intramolecular Hbond substituents is 1. The maximum absolute atomic E-state index is 13.0. The summed E-state index contributed by atoms with van der Waals surface area (Å²) in [6.45, 7) is 4.14. The van der Waals surface area contributed by atoms with Gasteiger partial charge in [0.1, 0.15) is 11.9 Å². The number of rotatable bonds is 8. The summed E-state index contributed by atoms with van der Waals surface area (Å²) >= 11 is 3.93. The van der Waals surface area contributed by atoms with Crippen LogP contribution in [0.15, 0.2) is 54.6 Å². The number of ether oxygens (including phenoxy) is 4. The predicted octanol–water partition coefficient (Wildman–Crippen LogP) is 5.45. The van der Waals surface area contributed by atoms with Crippen LogP contribution >= 0.6 is 12.6 Å². The molecule has 1 amide bonds. The molecule has 4 rings (SSSR count). The van der Waals surface area contributed by atoms with Crippen LogP contribution in [-0.4, -0.2) is 36.3 Å². The molecule has 3 aromatic rings. The number of nitrogens with one attached hydrogen (secondary N) is 1. The molecule has 0 aliphatic carbocycles. The summed E-state index contributed by atoms with van der Waals surface area (Å²) in [4.78, 5) is 24.6. The average Bonchev–Trinajstić information content (AvgIpc) is 3.31. The van der Waals surface area contributed by atoms with Gasteiger partial charge in [0.15, 0.2) is 11.5 Å².